The summed E-state index contributed by atoms with van der Waals surface area (Å²) >= 11 is 0. The van der Waals surface area contributed by atoms with E-state index in [-0.39, 0.29) is 0 Å². The number of fused-ring (bicyclic) bond motifs is 2. The van der Waals surface area contributed by atoms with Crippen molar-refractivity contribution in [3.05, 3.63) is 5.82 Å². The van der Waals surface area contributed by atoms with E-state index in [9.17, 15) is 9.90 Å². The zero-order valence-electron chi connectivity index (χ0n) is 12.8. The molecular formula is C15H24N4O2. The predicted molar refractivity (Wildman–Crippen MR) is 76.6 cm³/mol. The summed E-state index contributed by atoms with van der Waals surface area (Å²) in [4.78, 5) is 11.4. The third kappa shape index (κ3) is 2.94. The summed E-state index contributed by atoms with van der Waals surface area (Å²) in [5.74, 6) is 2.08. The molecule has 2 aliphatic carbocycles. The highest BCUT2D eigenvalue weighted by Gasteiger charge is 2.42. The number of rotatable bonds is 6. The molecule has 0 saturated heterocycles. The Hall–Kier alpha value is -1.46. The smallest absolute Gasteiger partial charge is 0.308 e. The first-order chi connectivity index (χ1) is 10.0. The Morgan fingerprint density at radius 3 is 2.76 bits per heavy atom. The van der Waals surface area contributed by atoms with E-state index in [2.05, 4.69) is 15.5 Å². The maximum Gasteiger partial charge on any atom is 0.308 e. The fourth-order valence-corrected chi connectivity index (χ4v) is 4.20. The quantitative estimate of drug-likeness (QED) is 0.870. The minimum absolute atomic E-state index is 0.355. The van der Waals surface area contributed by atoms with Gasteiger partial charge in [0.1, 0.15) is 0 Å². The molecule has 1 aromatic rings. The van der Waals surface area contributed by atoms with E-state index in [1.54, 1.807) is 4.68 Å². The number of hydrogen-bond donors (Lipinski definition) is 1. The Balaban J connectivity index is 1.74. The maximum atomic E-state index is 11.4. The zero-order chi connectivity index (χ0) is 15.0. The zero-order valence-corrected chi connectivity index (χ0v) is 12.8. The van der Waals surface area contributed by atoms with Gasteiger partial charge in [0.15, 0.2) is 5.82 Å². The molecule has 1 N–H and O–H groups in total. The molecule has 0 radical (unpaired) electrons. The van der Waals surface area contributed by atoms with Crippen molar-refractivity contribution in [1.29, 1.82) is 0 Å². The Kier molecular flexibility index (Phi) is 3.95. The van der Waals surface area contributed by atoms with Crippen LogP contribution in [0.2, 0.25) is 0 Å². The summed E-state index contributed by atoms with van der Waals surface area (Å²) < 4.78 is 1.76. The molecule has 21 heavy (non-hydrogen) atoms. The number of carboxylic acids is 1. The molecular weight excluding hydrogens is 268 g/mol. The number of aliphatic carboxylic acids is 1. The van der Waals surface area contributed by atoms with Crippen molar-refractivity contribution in [2.75, 3.05) is 0 Å². The molecule has 2 fully saturated rings. The van der Waals surface area contributed by atoms with Crippen LogP contribution in [0.15, 0.2) is 0 Å². The highest BCUT2D eigenvalue weighted by atomic mass is 16.4. The molecule has 0 amide bonds. The van der Waals surface area contributed by atoms with Crippen molar-refractivity contribution in [3.8, 4) is 0 Å². The predicted octanol–water partition coefficient (Wildman–Crippen LogP) is 2.32. The van der Waals surface area contributed by atoms with Gasteiger partial charge in [-0.1, -0.05) is 20.3 Å². The van der Waals surface area contributed by atoms with Crippen LogP contribution in [0.1, 0.15) is 57.7 Å². The molecule has 2 aliphatic rings. The summed E-state index contributed by atoms with van der Waals surface area (Å²) in [7, 11) is 0. The van der Waals surface area contributed by atoms with Gasteiger partial charge in [0.2, 0.25) is 0 Å². The van der Waals surface area contributed by atoms with E-state index >= 15 is 0 Å². The lowest BCUT2D eigenvalue weighted by Crippen LogP contribution is -2.25. The second-order valence-electron chi connectivity index (χ2n) is 7.17. The van der Waals surface area contributed by atoms with Gasteiger partial charge in [-0.3, -0.25) is 4.79 Å². The van der Waals surface area contributed by atoms with Gasteiger partial charge < -0.3 is 5.11 Å². The summed E-state index contributed by atoms with van der Waals surface area (Å²) in [6.07, 6.45) is 5.74. The van der Waals surface area contributed by atoms with Gasteiger partial charge >= 0.3 is 5.97 Å². The number of hydrogen-bond acceptors (Lipinski definition) is 4. The lowest BCUT2D eigenvalue weighted by molar-refractivity contribution is -0.142. The first-order valence-electron chi connectivity index (χ1n) is 8.03. The van der Waals surface area contributed by atoms with Gasteiger partial charge in [0.05, 0.1) is 12.5 Å². The van der Waals surface area contributed by atoms with Crippen LogP contribution in [0.5, 0.6) is 0 Å². The Labute approximate surface area is 124 Å². The molecule has 1 heterocycles. The van der Waals surface area contributed by atoms with Gasteiger partial charge in [-0.2, -0.15) is 0 Å². The lowest BCUT2D eigenvalue weighted by atomic mass is 9.88. The van der Waals surface area contributed by atoms with Crippen molar-refractivity contribution >= 4 is 5.97 Å². The van der Waals surface area contributed by atoms with Gasteiger partial charge in [-0.25, -0.2) is 4.68 Å². The van der Waals surface area contributed by atoms with E-state index < -0.39 is 11.9 Å². The first-order valence-corrected chi connectivity index (χ1v) is 8.03. The van der Waals surface area contributed by atoms with Crippen LogP contribution in [0.25, 0.3) is 0 Å². The normalized spacial score (nSPS) is 29.2. The number of tetrazole rings is 1. The van der Waals surface area contributed by atoms with Crippen LogP contribution in [-0.2, 0) is 11.3 Å². The third-order valence-electron chi connectivity index (χ3n) is 5.13. The van der Waals surface area contributed by atoms with Crippen molar-refractivity contribution in [2.24, 2.45) is 23.7 Å². The van der Waals surface area contributed by atoms with Crippen LogP contribution in [0.3, 0.4) is 0 Å². The summed E-state index contributed by atoms with van der Waals surface area (Å²) in [5.41, 5.74) is 0. The third-order valence-corrected chi connectivity index (χ3v) is 5.13. The van der Waals surface area contributed by atoms with Crippen LogP contribution >= 0.6 is 0 Å². The molecule has 1 aromatic heterocycles. The highest BCUT2D eigenvalue weighted by Crippen LogP contribution is 2.52. The Morgan fingerprint density at radius 2 is 2.19 bits per heavy atom. The summed E-state index contributed by atoms with van der Waals surface area (Å²) in [6, 6.07) is 0. The van der Waals surface area contributed by atoms with Gasteiger partial charge in [-0.15, -0.1) is 5.10 Å². The standard InChI is InChI=1S/C15H24N4O2/c1-9(2)5-12(15(20)21)8-19-14(16-17-18-19)13-7-10-3-4-11(13)6-10/h9-13H,3-8H2,1-2H3,(H,20,21). The van der Waals surface area contributed by atoms with E-state index in [1.165, 1.54) is 25.7 Å². The highest BCUT2D eigenvalue weighted by molar-refractivity contribution is 5.69. The van der Waals surface area contributed by atoms with Crippen molar-refractivity contribution < 1.29 is 9.90 Å². The molecule has 0 spiro atoms. The second kappa shape index (κ2) is 5.73. The molecule has 0 aromatic carbocycles. The van der Waals surface area contributed by atoms with Crippen LogP contribution in [0, 0.1) is 23.7 Å². The summed E-state index contributed by atoms with van der Waals surface area (Å²) in [6.45, 7) is 4.49. The largest absolute Gasteiger partial charge is 0.481 e. The average molecular weight is 292 g/mol. The van der Waals surface area contributed by atoms with Crippen molar-refractivity contribution in [1.82, 2.24) is 20.2 Å². The SMILES string of the molecule is CC(C)CC(Cn1nnnc1C1CC2CCC1C2)C(=O)O. The minimum Gasteiger partial charge on any atom is -0.481 e. The van der Waals surface area contributed by atoms with Gasteiger partial charge in [0, 0.05) is 5.92 Å². The summed E-state index contributed by atoms with van der Waals surface area (Å²) in [5, 5.41) is 21.5. The average Bonchev–Trinajstić information content (AvgIpc) is 3.12. The molecule has 2 saturated carbocycles. The number of carboxylic acid groups (broad SMARTS) is 1. The van der Waals surface area contributed by atoms with Crippen molar-refractivity contribution in [3.63, 3.8) is 0 Å². The maximum absolute atomic E-state index is 11.4. The molecule has 4 atom stereocenters. The van der Waals surface area contributed by atoms with Crippen LogP contribution in [-0.4, -0.2) is 31.3 Å². The fraction of sp³-hybridized carbons (Fsp3) is 0.867. The fourth-order valence-electron chi connectivity index (χ4n) is 4.20. The monoisotopic (exact) mass is 292 g/mol. The van der Waals surface area contributed by atoms with Crippen molar-refractivity contribution in [2.45, 2.75) is 58.4 Å². The van der Waals surface area contributed by atoms with E-state index in [1.807, 2.05) is 13.8 Å². The molecule has 6 heteroatoms. The number of aromatic nitrogens is 4. The van der Waals surface area contributed by atoms with Crippen LogP contribution in [0.4, 0.5) is 0 Å². The molecule has 3 rings (SSSR count). The second-order valence-corrected chi connectivity index (χ2v) is 7.17. The topological polar surface area (TPSA) is 80.9 Å². The lowest BCUT2D eigenvalue weighted by Gasteiger charge is -2.22. The number of carbonyl (C=O) groups is 1. The van der Waals surface area contributed by atoms with Gasteiger partial charge in [-0.05, 0) is 53.9 Å². The Bertz CT molecular complexity index is 514. The van der Waals surface area contributed by atoms with Crippen LogP contribution < -0.4 is 0 Å². The van der Waals surface area contributed by atoms with E-state index in [0.29, 0.717) is 30.7 Å². The van der Waals surface area contributed by atoms with Gasteiger partial charge in [0.25, 0.3) is 0 Å². The molecule has 0 aliphatic heterocycles. The minimum atomic E-state index is -0.752. The Morgan fingerprint density at radius 1 is 1.38 bits per heavy atom. The molecule has 116 valence electrons. The first kappa shape index (κ1) is 14.5. The molecule has 6 nitrogen and oxygen atoms in total. The molecule has 2 bridgehead atoms. The number of nitrogens with zero attached hydrogens (tertiary/aromatic N) is 4. The molecule has 4 unspecified atom stereocenters. The van der Waals surface area contributed by atoms with E-state index in [4.69, 9.17) is 0 Å². The van der Waals surface area contributed by atoms with E-state index in [0.717, 1.165) is 11.7 Å².